The van der Waals surface area contributed by atoms with E-state index >= 15 is 0 Å². The third-order valence-corrected chi connectivity index (χ3v) is 10.5. The lowest BCUT2D eigenvalue weighted by atomic mass is 10.0. The molecule has 2 heterocycles. The second-order valence-corrected chi connectivity index (χ2v) is 18.0. The van der Waals surface area contributed by atoms with Crippen LogP contribution in [-0.2, 0) is 84.8 Å². The summed E-state index contributed by atoms with van der Waals surface area (Å²) in [5, 5.41) is 23.8. The van der Waals surface area contributed by atoms with Gasteiger partial charge in [0.15, 0.2) is 0 Å². The number of carboxylic acids is 1. The molecule has 2 aromatic rings. The number of esters is 4. The number of hydrogen-bond acceptors (Lipinski definition) is 17. The summed E-state index contributed by atoms with van der Waals surface area (Å²) in [6.45, 7) is 11.7. The van der Waals surface area contributed by atoms with Crippen molar-refractivity contribution in [1.82, 2.24) is 30.4 Å². The van der Waals surface area contributed by atoms with E-state index in [2.05, 4.69) is 31.9 Å². The molecule has 0 bridgehead atoms. The van der Waals surface area contributed by atoms with Crippen LogP contribution in [0.2, 0.25) is 0 Å². The fourth-order valence-corrected chi connectivity index (χ4v) is 6.93. The zero-order chi connectivity index (χ0) is 58.9. The first-order chi connectivity index (χ1) is 36.8. The zero-order valence-electron chi connectivity index (χ0n) is 45.5. The molecule has 0 aliphatic heterocycles. The van der Waals surface area contributed by atoms with Crippen molar-refractivity contribution < 1.29 is 76.8 Å². The maximum absolute atomic E-state index is 13.0. The van der Waals surface area contributed by atoms with Crippen LogP contribution in [0.25, 0.3) is 0 Å². The van der Waals surface area contributed by atoms with Gasteiger partial charge in [0.1, 0.15) is 48.6 Å². The van der Waals surface area contributed by atoms with E-state index in [4.69, 9.17) is 24.1 Å². The van der Waals surface area contributed by atoms with Gasteiger partial charge < -0.3 is 65.1 Å². The molecule has 0 saturated heterocycles. The summed E-state index contributed by atoms with van der Waals surface area (Å²) in [5.74, 6) is -7.02. The van der Waals surface area contributed by atoms with Gasteiger partial charge in [0, 0.05) is 37.9 Å². The van der Waals surface area contributed by atoms with E-state index in [-0.39, 0.29) is 75.1 Å². The summed E-state index contributed by atoms with van der Waals surface area (Å²) in [6, 6.07) is 1.70. The van der Waals surface area contributed by atoms with Gasteiger partial charge in [-0.15, -0.1) is 0 Å². The quantitative estimate of drug-likeness (QED) is 0.0320. The molecule has 7 N–H and O–H groups in total. The van der Waals surface area contributed by atoms with Gasteiger partial charge in [-0.2, -0.15) is 0 Å². The third-order valence-electron chi connectivity index (χ3n) is 10.5. The minimum absolute atomic E-state index is 0.0226. The highest BCUT2D eigenvalue weighted by atomic mass is 16.5. The SMILES string of the molecule is CCOC(=O)/C=C/CC[C@H](NC(=O)CCC(=O)O)C(=O)Nc1cccn(CC(=O)N[C@@H](CC(C)C)C(=O)OC)c1=O.CCOC(=O)/C=C/CC[C@H](NC(C)=O)C(=O)Nc1cccn(CC(=O)N[C@H](CC(C)C)C(=O)OC)c1=O. The lowest BCUT2D eigenvalue weighted by molar-refractivity contribution is -0.146. The van der Waals surface area contributed by atoms with E-state index in [1.165, 1.54) is 82.1 Å². The Morgan fingerprint density at radius 3 is 1.31 bits per heavy atom. The van der Waals surface area contributed by atoms with Gasteiger partial charge in [0.05, 0.1) is 33.9 Å². The lowest BCUT2D eigenvalue weighted by Gasteiger charge is -2.19. The van der Waals surface area contributed by atoms with Crippen LogP contribution in [0.5, 0.6) is 0 Å². The van der Waals surface area contributed by atoms with Gasteiger partial charge in [0.2, 0.25) is 35.4 Å². The first-order valence-electron chi connectivity index (χ1n) is 25.1. The van der Waals surface area contributed by atoms with Crippen LogP contribution < -0.4 is 43.0 Å². The Bertz CT molecular complexity index is 2570. The van der Waals surface area contributed by atoms with E-state index in [1.54, 1.807) is 13.8 Å². The number of methoxy groups -OCH3 is 2. The molecule has 78 heavy (non-hydrogen) atoms. The summed E-state index contributed by atoms with van der Waals surface area (Å²) in [7, 11) is 2.43. The second-order valence-electron chi connectivity index (χ2n) is 18.0. The fourth-order valence-electron chi connectivity index (χ4n) is 6.93. The Labute approximate surface area is 451 Å². The number of ether oxygens (including phenoxy) is 4. The smallest absolute Gasteiger partial charge is 0.330 e. The van der Waals surface area contributed by atoms with Gasteiger partial charge >= 0.3 is 29.8 Å². The Morgan fingerprint density at radius 2 is 0.962 bits per heavy atom. The number of nitrogens with zero attached hydrogens (tertiary/aromatic N) is 2. The van der Waals surface area contributed by atoms with Crippen LogP contribution in [0.3, 0.4) is 0 Å². The third kappa shape index (κ3) is 27.4. The van der Waals surface area contributed by atoms with E-state index in [0.717, 1.165) is 9.13 Å². The summed E-state index contributed by atoms with van der Waals surface area (Å²) in [6.07, 6.45) is 8.63. The van der Waals surface area contributed by atoms with Gasteiger partial charge in [-0.25, -0.2) is 19.2 Å². The molecule has 4 atom stereocenters. The molecule has 0 aliphatic rings. The highest BCUT2D eigenvalue weighted by molar-refractivity contribution is 5.98. The van der Waals surface area contributed by atoms with Gasteiger partial charge in [-0.1, -0.05) is 39.8 Å². The number of allylic oxidation sites excluding steroid dienone is 2. The molecule has 2 rings (SSSR count). The molecular formula is C52H74N8O18. The van der Waals surface area contributed by atoms with Crippen LogP contribution >= 0.6 is 0 Å². The second kappa shape index (κ2) is 36.5. The minimum atomic E-state index is -1.19. The number of pyridine rings is 2. The molecule has 0 unspecified atom stereocenters. The molecule has 26 heteroatoms. The number of aliphatic carboxylic acids is 1. The van der Waals surface area contributed by atoms with Crippen LogP contribution in [0.1, 0.15) is 99.8 Å². The summed E-state index contributed by atoms with van der Waals surface area (Å²) >= 11 is 0. The average molecular weight is 1100 g/mol. The monoisotopic (exact) mass is 1100 g/mol. The standard InChI is InChI=1S/C27H38N4O10.C25H36N4O8/c1-5-41-24(36)11-7-6-9-18(28-21(32)12-13-23(34)35)25(37)30-19-10-8-14-31(26(19)38)16-22(33)29-20(15-17(2)3)27(39)40-4;1-6-37-22(32)12-8-7-10-18(26-17(4)30)23(33)28-19-11-9-13-29(24(19)34)15-21(31)27-20(14-16(2)3)25(35)36-5/h7-8,10-11,14,17-18,20H,5-6,9,12-13,15-16H2,1-4H3,(H,28,32)(H,29,33)(H,30,37)(H,34,35);8-9,11-13,16,18,20H,6-7,10,14-15H2,1-5H3,(H,26,30)(H,27,31)(H,28,33)/b11-7+;12-8+/t18-,20-;18-,20+/m00/s1. The van der Waals surface area contributed by atoms with E-state index < -0.39 is 114 Å². The van der Waals surface area contributed by atoms with E-state index in [9.17, 15) is 62.3 Å². The van der Waals surface area contributed by atoms with Crippen LogP contribution in [0, 0.1) is 11.8 Å². The Balaban J connectivity index is 0.000000784. The number of nitrogens with one attached hydrogen (secondary N) is 6. The van der Waals surface area contributed by atoms with E-state index in [1.807, 2.05) is 27.7 Å². The maximum atomic E-state index is 13.0. The van der Waals surface area contributed by atoms with Crippen molar-refractivity contribution in [3.63, 3.8) is 0 Å². The van der Waals surface area contributed by atoms with Crippen molar-refractivity contribution in [2.24, 2.45) is 11.8 Å². The fraction of sp³-hybridized carbons (Fsp3) is 0.519. The number of carboxylic acid groups (broad SMARTS) is 1. The molecule has 26 nitrogen and oxygen atoms in total. The van der Waals surface area contributed by atoms with Crippen molar-refractivity contribution in [2.75, 3.05) is 38.1 Å². The Morgan fingerprint density at radius 1 is 0.577 bits per heavy atom. The van der Waals surface area contributed by atoms with Crippen LogP contribution in [0.15, 0.2) is 70.6 Å². The summed E-state index contributed by atoms with van der Waals surface area (Å²) in [4.78, 5) is 158. The highest BCUT2D eigenvalue weighted by Gasteiger charge is 2.26. The molecule has 2 aromatic heterocycles. The van der Waals surface area contributed by atoms with Crippen molar-refractivity contribution in [2.45, 2.75) is 137 Å². The minimum Gasteiger partial charge on any atom is -0.481 e. The number of carbonyl (C=O) groups excluding carboxylic acids is 10. The first kappa shape index (κ1) is 67.6. The molecule has 430 valence electrons. The predicted octanol–water partition coefficient (Wildman–Crippen LogP) is 1.63. The molecule has 0 spiro atoms. The van der Waals surface area contributed by atoms with E-state index in [0.29, 0.717) is 12.8 Å². The zero-order valence-corrected chi connectivity index (χ0v) is 45.5. The molecular weight excluding hydrogens is 1020 g/mol. The molecule has 0 aromatic carbocycles. The molecule has 0 aliphatic carbocycles. The molecule has 0 fully saturated rings. The van der Waals surface area contributed by atoms with Gasteiger partial charge in [0.25, 0.3) is 11.1 Å². The number of rotatable bonds is 31. The van der Waals surface area contributed by atoms with Crippen LogP contribution in [-0.4, -0.2) is 131 Å². The normalized spacial score (nSPS) is 12.4. The van der Waals surface area contributed by atoms with Crippen molar-refractivity contribution >= 4 is 76.7 Å². The highest BCUT2D eigenvalue weighted by Crippen LogP contribution is 2.11. The largest absolute Gasteiger partial charge is 0.481 e. The number of amides is 6. The average Bonchev–Trinajstić information content (AvgIpc) is 3.36. The number of carbonyl (C=O) groups is 11. The number of hydrogen-bond donors (Lipinski definition) is 7. The number of anilines is 2. The summed E-state index contributed by atoms with van der Waals surface area (Å²) < 4.78 is 21.2. The van der Waals surface area contributed by atoms with Crippen LogP contribution in [0.4, 0.5) is 11.4 Å². The molecule has 0 saturated carbocycles. The number of aromatic nitrogens is 2. The topological polar surface area (TPSA) is 361 Å². The van der Waals surface area contributed by atoms with Crippen molar-refractivity contribution in [1.29, 1.82) is 0 Å². The first-order valence-corrected chi connectivity index (χ1v) is 25.1. The molecule has 0 radical (unpaired) electrons. The van der Waals surface area contributed by atoms with Gasteiger partial charge in [-0.3, -0.25) is 43.2 Å². The Hall–Kier alpha value is -8.45. The van der Waals surface area contributed by atoms with Crippen molar-refractivity contribution in [3.8, 4) is 0 Å². The van der Waals surface area contributed by atoms with Crippen molar-refractivity contribution in [3.05, 3.63) is 81.7 Å². The Kier molecular flexibility index (Phi) is 31.6. The predicted molar refractivity (Wildman–Crippen MR) is 282 cm³/mol. The maximum Gasteiger partial charge on any atom is 0.330 e. The molecule has 6 amide bonds. The lowest BCUT2D eigenvalue weighted by Crippen LogP contribution is -2.45. The van der Waals surface area contributed by atoms with Gasteiger partial charge in [-0.05, 0) is 88.5 Å². The summed E-state index contributed by atoms with van der Waals surface area (Å²) in [5.41, 5.74) is -1.63.